The number of aromatic nitrogens is 4. The van der Waals surface area contributed by atoms with Crippen LogP contribution >= 0.6 is 34.8 Å². The number of epoxide rings is 1. The zero-order valence-corrected chi connectivity index (χ0v) is 15.1. The third-order valence-corrected chi connectivity index (χ3v) is 3.89. The third kappa shape index (κ3) is 4.29. The van der Waals surface area contributed by atoms with E-state index in [0.717, 1.165) is 4.57 Å². The highest BCUT2D eigenvalue weighted by molar-refractivity contribution is 6.68. The molecule has 1 unspecified atom stereocenters. The lowest BCUT2D eigenvalue weighted by Gasteiger charge is -2.10. The van der Waals surface area contributed by atoms with E-state index in [9.17, 15) is 9.59 Å². The molecule has 3 heterocycles. The molecule has 2 aromatic rings. The number of ether oxygens (including phenoxy) is 1. The minimum Gasteiger partial charge on any atom is -0.368 e. The monoisotopic (exact) mass is 382 g/mol. The van der Waals surface area contributed by atoms with Gasteiger partial charge in [0.1, 0.15) is 11.6 Å². The summed E-state index contributed by atoms with van der Waals surface area (Å²) in [5.41, 5.74) is 0.153. The molecule has 23 heavy (non-hydrogen) atoms. The molecule has 7 nitrogen and oxygen atoms in total. The second kappa shape index (κ2) is 6.84. The van der Waals surface area contributed by atoms with Crippen LogP contribution < -0.4 is 11.2 Å². The summed E-state index contributed by atoms with van der Waals surface area (Å²) < 4.78 is 6.11. The van der Waals surface area contributed by atoms with Gasteiger partial charge in [-0.3, -0.25) is 13.9 Å². The van der Waals surface area contributed by atoms with Crippen molar-refractivity contribution in [2.45, 2.75) is 30.3 Å². The van der Waals surface area contributed by atoms with Crippen molar-refractivity contribution in [3.63, 3.8) is 0 Å². The number of nitrogens with one attached hydrogen (secondary N) is 1. The summed E-state index contributed by atoms with van der Waals surface area (Å²) in [6.07, 6.45) is 1.28. The minimum atomic E-state index is -1.19. The van der Waals surface area contributed by atoms with Crippen molar-refractivity contribution in [3.8, 4) is 0 Å². The highest BCUT2D eigenvalue weighted by atomic mass is 35.6. The van der Waals surface area contributed by atoms with Gasteiger partial charge < -0.3 is 9.72 Å². The first-order valence-electron chi connectivity index (χ1n) is 6.94. The Kier molecular flexibility index (Phi) is 5.45. The average molecular weight is 384 g/mol. The van der Waals surface area contributed by atoms with Gasteiger partial charge >= 0.3 is 5.69 Å². The van der Waals surface area contributed by atoms with Crippen molar-refractivity contribution in [3.05, 3.63) is 27.2 Å². The molecule has 0 spiro atoms. The number of imidazole rings is 1. The SMILES string of the molecule is CC(C)Cn1c(=O)n(C)c(=O)c2[nH]cnc21.ClC(Cl)(Cl)C1CO1. The molecule has 0 aliphatic carbocycles. The predicted octanol–water partition coefficient (Wildman–Crippen LogP) is 1.83. The average Bonchev–Trinajstić information content (AvgIpc) is 3.20. The molecule has 0 radical (unpaired) electrons. The Balaban J connectivity index is 0.000000229. The number of nitrogens with zero attached hydrogens (tertiary/aromatic N) is 3. The largest absolute Gasteiger partial charge is 0.368 e. The maximum Gasteiger partial charge on any atom is 0.332 e. The summed E-state index contributed by atoms with van der Waals surface area (Å²) in [5, 5.41) is 0. The number of H-pyrrole nitrogens is 1. The Morgan fingerprint density at radius 3 is 2.48 bits per heavy atom. The lowest BCUT2D eigenvalue weighted by atomic mass is 10.2. The lowest BCUT2D eigenvalue weighted by molar-refractivity contribution is 0.411. The molecule has 1 aliphatic rings. The van der Waals surface area contributed by atoms with Crippen molar-refractivity contribution in [1.29, 1.82) is 0 Å². The second-order valence-corrected chi connectivity index (χ2v) is 7.98. The van der Waals surface area contributed by atoms with E-state index in [1.54, 1.807) is 0 Å². The fraction of sp³-hybridized carbons (Fsp3) is 0.615. The first-order chi connectivity index (χ1) is 10.6. The van der Waals surface area contributed by atoms with Crippen molar-refractivity contribution in [2.24, 2.45) is 13.0 Å². The molecule has 1 saturated heterocycles. The first kappa shape index (κ1) is 18.3. The number of aromatic amines is 1. The lowest BCUT2D eigenvalue weighted by Crippen LogP contribution is -2.38. The van der Waals surface area contributed by atoms with Gasteiger partial charge in [-0.05, 0) is 5.92 Å². The Morgan fingerprint density at radius 1 is 1.43 bits per heavy atom. The quantitative estimate of drug-likeness (QED) is 0.633. The van der Waals surface area contributed by atoms with Crippen LogP contribution in [0.2, 0.25) is 0 Å². The van der Waals surface area contributed by atoms with Gasteiger partial charge in [0.05, 0.1) is 12.9 Å². The number of halogens is 3. The van der Waals surface area contributed by atoms with Crippen LogP contribution in [-0.4, -0.2) is 35.6 Å². The topological polar surface area (TPSA) is 85.2 Å². The Bertz CT molecular complexity index is 799. The summed E-state index contributed by atoms with van der Waals surface area (Å²) in [6, 6.07) is 0. The van der Waals surface area contributed by atoms with E-state index < -0.39 is 3.79 Å². The smallest absolute Gasteiger partial charge is 0.332 e. The highest BCUT2D eigenvalue weighted by Gasteiger charge is 2.42. The van der Waals surface area contributed by atoms with E-state index in [2.05, 4.69) is 14.7 Å². The molecule has 1 atom stereocenters. The van der Waals surface area contributed by atoms with Crippen molar-refractivity contribution in [2.75, 3.05) is 6.61 Å². The van der Waals surface area contributed by atoms with Crippen LogP contribution in [0.4, 0.5) is 0 Å². The van der Waals surface area contributed by atoms with E-state index >= 15 is 0 Å². The van der Waals surface area contributed by atoms with Crippen molar-refractivity contribution < 1.29 is 4.74 Å². The van der Waals surface area contributed by atoms with E-state index in [-0.39, 0.29) is 17.4 Å². The number of rotatable bonds is 2. The molecule has 0 saturated carbocycles. The molecule has 0 amide bonds. The zero-order valence-electron chi connectivity index (χ0n) is 12.8. The van der Waals surface area contributed by atoms with Crippen molar-refractivity contribution in [1.82, 2.24) is 19.1 Å². The predicted molar refractivity (Wildman–Crippen MR) is 90.5 cm³/mol. The maximum atomic E-state index is 11.9. The van der Waals surface area contributed by atoms with Crippen LogP contribution in [0.5, 0.6) is 0 Å². The third-order valence-electron chi connectivity index (χ3n) is 3.16. The molecular weight excluding hydrogens is 367 g/mol. The summed E-state index contributed by atoms with van der Waals surface area (Å²) in [7, 11) is 1.47. The minimum absolute atomic E-state index is 0.155. The molecule has 0 aromatic carbocycles. The first-order valence-corrected chi connectivity index (χ1v) is 8.07. The molecule has 10 heteroatoms. The molecule has 2 aromatic heterocycles. The van der Waals surface area contributed by atoms with Crippen LogP contribution in [0.3, 0.4) is 0 Å². The van der Waals surface area contributed by atoms with E-state index in [0.29, 0.717) is 30.2 Å². The van der Waals surface area contributed by atoms with Gasteiger partial charge in [-0.1, -0.05) is 48.7 Å². The number of alkyl halides is 3. The van der Waals surface area contributed by atoms with E-state index in [1.165, 1.54) is 17.9 Å². The summed E-state index contributed by atoms with van der Waals surface area (Å²) >= 11 is 16.0. The van der Waals surface area contributed by atoms with Crippen molar-refractivity contribution >= 4 is 46.0 Å². The molecule has 0 bridgehead atoms. The summed E-state index contributed by atoms with van der Waals surface area (Å²) in [5.74, 6) is 0.315. The fourth-order valence-electron chi connectivity index (χ4n) is 1.94. The zero-order chi connectivity index (χ0) is 17.4. The van der Waals surface area contributed by atoms with Gasteiger partial charge in [-0.25, -0.2) is 9.78 Å². The van der Waals surface area contributed by atoms with Gasteiger partial charge in [0, 0.05) is 13.6 Å². The van der Waals surface area contributed by atoms with E-state index in [4.69, 9.17) is 34.8 Å². The Labute approximate surface area is 147 Å². The molecule has 1 fully saturated rings. The summed E-state index contributed by atoms with van der Waals surface area (Å²) in [4.78, 5) is 30.4. The molecule has 128 valence electrons. The van der Waals surface area contributed by atoms with Gasteiger partial charge in [0.25, 0.3) is 5.56 Å². The number of fused-ring (bicyclic) bond motifs is 1. The summed E-state index contributed by atoms with van der Waals surface area (Å²) in [6.45, 7) is 5.15. The highest BCUT2D eigenvalue weighted by Crippen LogP contribution is 2.38. The van der Waals surface area contributed by atoms with Gasteiger partial charge in [0.2, 0.25) is 3.79 Å². The van der Waals surface area contributed by atoms with Crippen LogP contribution in [0.25, 0.3) is 11.2 Å². The van der Waals surface area contributed by atoms with Gasteiger partial charge in [-0.15, -0.1) is 0 Å². The number of hydrogen-bond acceptors (Lipinski definition) is 4. The van der Waals surface area contributed by atoms with Gasteiger partial charge in [-0.2, -0.15) is 0 Å². The number of hydrogen-bond donors (Lipinski definition) is 1. The van der Waals surface area contributed by atoms with E-state index in [1.807, 2.05) is 13.8 Å². The maximum absolute atomic E-state index is 11.9. The van der Waals surface area contributed by atoms with Crippen LogP contribution in [0.15, 0.2) is 15.9 Å². The van der Waals surface area contributed by atoms with Crippen LogP contribution in [-0.2, 0) is 18.3 Å². The molecule has 1 aliphatic heterocycles. The Morgan fingerprint density at radius 2 is 2.04 bits per heavy atom. The Hall–Kier alpha value is -1.02. The van der Waals surface area contributed by atoms with Gasteiger partial charge in [0.15, 0.2) is 5.65 Å². The molecular formula is C13H17Cl3N4O3. The van der Waals surface area contributed by atoms with Crippen LogP contribution in [0.1, 0.15) is 13.8 Å². The van der Waals surface area contributed by atoms with Crippen LogP contribution in [0, 0.1) is 5.92 Å². The molecule has 1 N–H and O–H groups in total. The normalized spacial score (nSPS) is 17.3. The second-order valence-electron chi connectivity index (χ2n) is 5.62. The molecule has 3 rings (SSSR count). The standard InChI is InChI=1S/C10H14N4O2.C3H3Cl3O/c1-6(2)4-14-8-7(11-5-12-8)9(15)13(3)10(14)16;4-3(5,6)2-1-7-2/h5-6H,4H2,1-3H3,(H,11,12);2H,1H2. The fourth-order valence-corrected chi connectivity index (χ4v) is 2.32.